The first-order valence-corrected chi connectivity index (χ1v) is 12.0. The number of carbonyl (C=O) groups is 1. The zero-order chi connectivity index (χ0) is 23.4. The number of hydrogen-bond donors (Lipinski definition) is 1. The fourth-order valence-corrected chi connectivity index (χ4v) is 5.61. The average Bonchev–Trinajstić information content (AvgIpc) is 3.41. The van der Waals surface area contributed by atoms with E-state index in [0.717, 1.165) is 27.1 Å². The summed E-state index contributed by atoms with van der Waals surface area (Å²) in [5, 5.41) is 13.6. The van der Waals surface area contributed by atoms with Crippen LogP contribution in [0.2, 0.25) is 0 Å². The number of Topliss-reactive ketones (excluding diaryl/α,β-unsaturated/α-hetero) is 1. The molecule has 1 aliphatic heterocycles. The molecule has 6 aromatic carbocycles. The van der Waals surface area contributed by atoms with Crippen molar-refractivity contribution in [1.82, 2.24) is 5.43 Å². The third-order valence-electron chi connectivity index (χ3n) is 7.25. The van der Waals surface area contributed by atoms with E-state index in [2.05, 4.69) is 83.3 Å². The highest BCUT2D eigenvalue weighted by Crippen LogP contribution is 2.36. The molecule has 1 heterocycles. The fourth-order valence-electron chi connectivity index (χ4n) is 5.61. The van der Waals surface area contributed by atoms with Crippen molar-refractivity contribution in [2.75, 3.05) is 6.54 Å². The lowest BCUT2D eigenvalue weighted by Crippen LogP contribution is -2.22. The second-order valence-electron chi connectivity index (χ2n) is 9.16. The summed E-state index contributed by atoms with van der Waals surface area (Å²) in [7, 11) is 0. The highest BCUT2D eigenvalue weighted by molar-refractivity contribution is 6.50. The molecule has 0 saturated carbocycles. The zero-order valence-electron chi connectivity index (χ0n) is 19.0. The van der Waals surface area contributed by atoms with Crippen LogP contribution >= 0.6 is 0 Å². The maximum absolute atomic E-state index is 14.1. The van der Waals surface area contributed by atoms with Crippen LogP contribution in [0.3, 0.4) is 0 Å². The molecule has 1 N–H and O–H groups in total. The van der Waals surface area contributed by atoms with E-state index < -0.39 is 0 Å². The molecule has 1 aliphatic rings. The van der Waals surface area contributed by atoms with Crippen LogP contribution in [0.15, 0.2) is 114 Å². The number of ketones is 1. The maximum Gasteiger partial charge on any atom is 0.210 e. The Kier molecular flexibility index (Phi) is 4.43. The summed E-state index contributed by atoms with van der Waals surface area (Å²) in [5.41, 5.74) is 5.56. The molecule has 1 atom stereocenters. The lowest BCUT2D eigenvalue weighted by molar-refractivity contribution is 0.106. The van der Waals surface area contributed by atoms with Gasteiger partial charge in [0, 0.05) is 12.1 Å². The number of benzene rings is 6. The number of carbonyl (C=O) groups excluding carboxylic acids is 1. The van der Waals surface area contributed by atoms with Crippen molar-refractivity contribution in [2.45, 2.75) is 5.92 Å². The van der Waals surface area contributed by atoms with E-state index in [-0.39, 0.29) is 11.7 Å². The molecule has 166 valence electrons. The van der Waals surface area contributed by atoms with E-state index in [1.807, 2.05) is 36.4 Å². The van der Waals surface area contributed by atoms with Crippen LogP contribution in [0.25, 0.3) is 43.1 Å². The molecule has 0 aromatic heterocycles. The van der Waals surface area contributed by atoms with Crippen LogP contribution in [0.4, 0.5) is 0 Å². The van der Waals surface area contributed by atoms with Crippen molar-refractivity contribution in [1.29, 1.82) is 0 Å². The van der Waals surface area contributed by atoms with E-state index >= 15 is 0 Å². The molecular formula is C32H22N2O. The van der Waals surface area contributed by atoms with Crippen LogP contribution in [-0.2, 0) is 0 Å². The topological polar surface area (TPSA) is 41.5 Å². The van der Waals surface area contributed by atoms with Gasteiger partial charge in [-0.25, -0.2) is 0 Å². The minimum Gasteiger partial charge on any atom is -0.309 e. The van der Waals surface area contributed by atoms with Crippen LogP contribution in [0.1, 0.15) is 21.8 Å². The molecule has 0 unspecified atom stereocenters. The summed E-state index contributed by atoms with van der Waals surface area (Å²) in [6.07, 6.45) is 0. The minimum absolute atomic E-state index is 0.0146. The van der Waals surface area contributed by atoms with Gasteiger partial charge in [0.05, 0.1) is 5.92 Å². The van der Waals surface area contributed by atoms with Gasteiger partial charge in [-0.2, -0.15) is 5.10 Å². The molecule has 0 amide bonds. The summed E-state index contributed by atoms with van der Waals surface area (Å²) in [6, 6.07) is 37.6. The number of hydrazone groups is 1. The van der Waals surface area contributed by atoms with Crippen molar-refractivity contribution >= 4 is 54.6 Å². The second-order valence-corrected chi connectivity index (χ2v) is 9.16. The van der Waals surface area contributed by atoms with E-state index in [1.165, 1.54) is 21.5 Å². The normalized spacial score (nSPS) is 15.5. The van der Waals surface area contributed by atoms with Gasteiger partial charge in [-0.05, 0) is 60.8 Å². The van der Waals surface area contributed by atoms with Gasteiger partial charge in [-0.1, -0.05) is 97.1 Å². The summed E-state index contributed by atoms with van der Waals surface area (Å²) < 4.78 is 0. The maximum atomic E-state index is 14.1. The van der Waals surface area contributed by atoms with Gasteiger partial charge < -0.3 is 5.43 Å². The molecule has 3 heteroatoms. The molecule has 3 nitrogen and oxygen atoms in total. The van der Waals surface area contributed by atoms with Crippen molar-refractivity contribution in [2.24, 2.45) is 5.10 Å². The summed E-state index contributed by atoms with van der Waals surface area (Å²) in [4.78, 5) is 14.1. The SMILES string of the molecule is O=C(C1=NNC[C@H]1c1cc2ccccc2c2ccccc12)c1cc2ccccc2c2ccccc12. The molecule has 0 radical (unpaired) electrons. The molecular weight excluding hydrogens is 428 g/mol. The van der Waals surface area contributed by atoms with E-state index in [4.69, 9.17) is 0 Å². The molecule has 0 aliphatic carbocycles. The highest BCUT2D eigenvalue weighted by atomic mass is 16.1. The summed E-state index contributed by atoms with van der Waals surface area (Å²) in [6.45, 7) is 0.606. The average molecular weight is 451 g/mol. The van der Waals surface area contributed by atoms with Crippen molar-refractivity contribution in [3.05, 3.63) is 120 Å². The van der Waals surface area contributed by atoms with Gasteiger partial charge in [0.15, 0.2) is 0 Å². The highest BCUT2D eigenvalue weighted by Gasteiger charge is 2.32. The largest absolute Gasteiger partial charge is 0.309 e. The Bertz CT molecular complexity index is 1830. The number of nitrogens with zero attached hydrogens (tertiary/aromatic N) is 1. The van der Waals surface area contributed by atoms with Crippen molar-refractivity contribution in [3.63, 3.8) is 0 Å². The fraction of sp³-hybridized carbons (Fsp3) is 0.0625. The van der Waals surface area contributed by atoms with Gasteiger partial charge in [-0.15, -0.1) is 0 Å². The molecule has 6 aromatic rings. The van der Waals surface area contributed by atoms with Crippen molar-refractivity contribution < 1.29 is 4.79 Å². The van der Waals surface area contributed by atoms with Crippen LogP contribution in [0.5, 0.6) is 0 Å². The van der Waals surface area contributed by atoms with Crippen LogP contribution < -0.4 is 5.43 Å². The molecule has 0 spiro atoms. The number of hydrogen-bond acceptors (Lipinski definition) is 3. The first-order valence-electron chi connectivity index (χ1n) is 12.0. The van der Waals surface area contributed by atoms with Crippen LogP contribution in [0, 0.1) is 0 Å². The lowest BCUT2D eigenvalue weighted by Gasteiger charge is -2.17. The van der Waals surface area contributed by atoms with Crippen LogP contribution in [-0.4, -0.2) is 18.0 Å². The third kappa shape index (κ3) is 3.05. The van der Waals surface area contributed by atoms with Crippen molar-refractivity contribution in [3.8, 4) is 0 Å². The number of rotatable bonds is 3. The predicted molar refractivity (Wildman–Crippen MR) is 145 cm³/mol. The first kappa shape index (κ1) is 19.9. The number of fused-ring (bicyclic) bond motifs is 6. The standard InChI is InChI=1S/C32H22N2O/c35-32(29-18-21-10-2-4-12-23(21)25-14-6-8-16-27(25)29)31-30(19-33-34-31)28-17-20-9-1-3-11-22(20)24-13-5-7-15-26(24)28/h1-18,30,33H,19H2/t30-/m0/s1. The molecule has 7 rings (SSSR count). The van der Waals surface area contributed by atoms with Gasteiger partial charge in [0.2, 0.25) is 5.78 Å². The summed E-state index contributed by atoms with van der Waals surface area (Å²) >= 11 is 0. The Morgan fingerprint density at radius 1 is 0.629 bits per heavy atom. The van der Waals surface area contributed by atoms with Gasteiger partial charge in [-0.3, -0.25) is 4.79 Å². The Balaban J connectivity index is 1.42. The number of nitrogens with one attached hydrogen (secondary N) is 1. The Morgan fingerprint density at radius 3 is 1.83 bits per heavy atom. The lowest BCUT2D eigenvalue weighted by atomic mass is 9.84. The minimum atomic E-state index is -0.123. The van der Waals surface area contributed by atoms with Gasteiger partial charge in [0.1, 0.15) is 5.71 Å². The monoisotopic (exact) mass is 450 g/mol. The third-order valence-corrected chi connectivity index (χ3v) is 7.25. The van der Waals surface area contributed by atoms with E-state index in [0.29, 0.717) is 17.8 Å². The van der Waals surface area contributed by atoms with Gasteiger partial charge in [0.25, 0.3) is 0 Å². The second kappa shape index (κ2) is 7.78. The first-order chi connectivity index (χ1) is 17.3. The van der Waals surface area contributed by atoms with E-state index in [1.54, 1.807) is 0 Å². The molecule has 0 saturated heterocycles. The van der Waals surface area contributed by atoms with Gasteiger partial charge >= 0.3 is 0 Å². The van der Waals surface area contributed by atoms with E-state index in [9.17, 15) is 4.79 Å². The zero-order valence-corrected chi connectivity index (χ0v) is 19.0. The molecule has 0 fully saturated rings. The smallest absolute Gasteiger partial charge is 0.210 e. The Labute approximate surface area is 202 Å². The Hall–Kier alpha value is -4.50. The molecule has 35 heavy (non-hydrogen) atoms. The Morgan fingerprint density at radius 2 is 1.14 bits per heavy atom. The predicted octanol–water partition coefficient (Wildman–Crippen LogP) is 7.23. The summed E-state index contributed by atoms with van der Waals surface area (Å²) in [5.74, 6) is -0.138. The molecule has 0 bridgehead atoms. The quantitative estimate of drug-likeness (QED) is 0.228.